The normalized spacial score (nSPS) is 6.00. The summed E-state index contributed by atoms with van der Waals surface area (Å²) in [7, 11) is 4.45. The van der Waals surface area contributed by atoms with Crippen LogP contribution in [0.3, 0.4) is 0 Å². The van der Waals surface area contributed by atoms with E-state index >= 15 is 0 Å². The van der Waals surface area contributed by atoms with Crippen molar-refractivity contribution in [1.82, 2.24) is 0 Å². The molecule has 0 saturated carbocycles. The van der Waals surface area contributed by atoms with Crippen LogP contribution in [0.5, 0.6) is 0 Å². The van der Waals surface area contributed by atoms with Crippen molar-refractivity contribution in [2.24, 2.45) is 0 Å². The standard InChI is InChI=1S/C7H7.Ag.BrCl.Na/c1-7-5-3-2-4-6-7;;1-2;/h2-6H,1H2;;;/q-1;;;+1. The summed E-state index contributed by atoms with van der Waals surface area (Å²) in [5, 5.41) is 0. The first kappa shape index (κ1) is 18.4. The fraction of sp³-hybridized carbons (Fsp3) is 0. The van der Waals surface area contributed by atoms with Crippen LogP contribution in [0, 0.1) is 6.92 Å². The van der Waals surface area contributed by atoms with Crippen LogP contribution in [-0.4, -0.2) is 0 Å². The largest absolute Gasteiger partial charge is 1.00 e. The van der Waals surface area contributed by atoms with Gasteiger partial charge in [-0.1, -0.05) is 6.07 Å². The Morgan fingerprint density at radius 2 is 1.45 bits per heavy atom. The van der Waals surface area contributed by atoms with Gasteiger partial charge in [-0.25, -0.2) is 0 Å². The topological polar surface area (TPSA) is 0 Å². The van der Waals surface area contributed by atoms with Crippen molar-refractivity contribution in [2.45, 2.75) is 0 Å². The van der Waals surface area contributed by atoms with E-state index in [4.69, 9.17) is 0 Å². The minimum atomic E-state index is 0. The van der Waals surface area contributed by atoms with Gasteiger partial charge in [0.1, 0.15) is 0 Å². The molecule has 1 aromatic rings. The van der Waals surface area contributed by atoms with E-state index in [1.54, 1.807) is 0 Å². The maximum atomic E-state index is 4.45. The van der Waals surface area contributed by atoms with Gasteiger partial charge in [-0.2, -0.15) is 24.6 Å². The van der Waals surface area contributed by atoms with Crippen LogP contribution in [0.25, 0.3) is 0 Å². The third-order valence-electron chi connectivity index (χ3n) is 0.843. The molecule has 0 N–H and O–H groups in total. The third-order valence-corrected chi connectivity index (χ3v) is 0.843. The van der Waals surface area contributed by atoms with Gasteiger partial charge in [0.2, 0.25) is 0 Å². The molecule has 0 aliphatic carbocycles. The van der Waals surface area contributed by atoms with Gasteiger partial charge >= 0.3 is 29.6 Å². The summed E-state index contributed by atoms with van der Waals surface area (Å²) in [6.45, 7) is 3.72. The van der Waals surface area contributed by atoms with Crippen LogP contribution in [0.4, 0.5) is 0 Å². The summed E-state index contributed by atoms with van der Waals surface area (Å²) < 4.78 is 0. The summed E-state index contributed by atoms with van der Waals surface area (Å²) >= 11 is 2.41. The van der Waals surface area contributed by atoms with Crippen molar-refractivity contribution < 1.29 is 51.9 Å². The summed E-state index contributed by atoms with van der Waals surface area (Å²) in [5.74, 6) is 0. The van der Waals surface area contributed by atoms with Crippen LogP contribution < -0.4 is 29.6 Å². The first-order chi connectivity index (χ1) is 4.39. The second kappa shape index (κ2) is 14.1. The maximum Gasteiger partial charge on any atom is 1.00 e. The molecule has 0 fully saturated rings. The van der Waals surface area contributed by atoms with Crippen molar-refractivity contribution in [3.8, 4) is 0 Å². The number of halogens is 2. The summed E-state index contributed by atoms with van der Waals surface area (Å²) in [6, 6.07) is 9.87. The molecule has 11 heavy (non-hydrogen) atoms. The molecule has 0 aromatic heterocycles. The molecule has 0 aliphatic heterocycles. The molecule has 0 unspecified atom stereocenters. The SMILES string of the molecule is ClBr.[Ag].[CH2-]c1ccccc1.[Na+]. The number of hydrogen-bond acceptors (Lipinski definition) is 0. The van der Waals surface area contributed by atoms with Crippen molar-refractivity contribution in [1.29, 1.82) is 0 Å². The predicted octanol–water partition coefficient (Wildman–Crippen LogP) is 0.405. The number of benzene rings is 1. The van der Waals surface area contributed by atoms with E-state index in [1.165, 1.54) is 0 Å². The van der Waals surface area contributed by atoms with Crippen LogP contribution in [-0.2, 0) is 22.4 Å². The fourth-order valence-electron chi connectivity index (χ4n) is 0.478. The molecule has 0 spiro atoms. The van der Waals surface area contributed by atoms with Gasteiger partial charge in [-0.05, 0) is 10.1 Å². The maximum absolute atomic E-state index is 4.45. The van der Waals surface area contributed by atoms with Crippen molar-refractivity contribution in [2.75, 3.05) is 0 Å². The molecule has 4 heteroatoms. The molecule has 1 aromatic carbocycles. The van der Waals surface area contributed by atoms with Gasteiger partial charge in [0.05, 0.1) is 0 Å². The molecule has 1 rings (SSSR count). The molecule has 0 heterocycles. The van der Waals surface area contributed by atoms with E-state index in [-0.39, 0.29) is 51.9 Å². The average molecular weight is 337 g/mol. The average Bonchev–Trinajstić information content (AvgIpc) is 1.94. The quantitative estimate of drug-likeness (QED) is 0.475. The molecule has 0 bridgehead atoms. The Bertz CT molecular complexity index is 148. The molecule has 0 nitrogen and oxygen atoms in total. The van der Waals surface area contributed by atoms with E-state index in [1.807, 2.05) is 30.3 Å². The first-order valence-corrected chi connectivity index (χ1v) is 4.49. The molecule has 1 radical (unpaired) electrons. The fourth-order valence-corrected chi connectivity index (χ4v) is 0.478. The molecule has 0 aliphatic rings. The summed E-state index contributed by atoms with van der Waals surface area (Å²) in [4.78, 5) is 0. The molecule has 61 valence electrons. The van der Waals surface area contributed by atoms with Gasteiger partial charge in [-0.15, -0.1) is 12.1 Å². The van der Waals surface area contributed by atoms with E-state index in [2.05, 4.69) is 32.1 Å². The van der Waals surface area contributed by atoms with E-state index in [0.29, 0.717) is 0 Å². The Balaban J connectivity index is -0.000000149. The summed E-state index contributed by atoms with van der Waals surface area (Å²) in [5.41, 5.74) is 1.07. The van der Waals surface area contributed by atoms with Crippen molar-refractivity contribution in [3.05, 3.63) is 42.8 Å². The van der Waals surface area contributed by atoms with Crippen molar-refractivity contribution in [3.63, 3.8) is 0 Å². The van der Waals surface area contributed by atoms with Gasteiger partial charge in [0, 0.05) is 37.4 Å². The zero-order chi connectivity index (χ0) is 7.11. The monoisotopic (exact) mass is 335 g/mol. The second-order valence-electron chi connectivity index (χ2n) is 1.49. The Morgan fingerprint density at radius 3 is 1.64 bits per heavy atom. The Kier molecular flexibility index (Phi) is 23.7. The van der Waals surface area contributed by atoms with Gasteiger partial charge < -0.3 is 0 Å². The van der Waals surface area contributed by atoms with Crippen LogP contribution in [0.15, 0.2) is 30.3 Å². The third kappa shape index (κ3) is 11.6. The molecular weight excluding hydrogens is 330 g/mol. The molecule has 0 amide bonds. The first-order valence-electron chi connectivity index (χ1n) is 2.41. The van der Waals surface area contributed by atoms with E-state index < -0.39 is 0 Å². The molecule has 0 atom stereocenters. The van der Waals surface area contributed by atoms with Crippen LogP contribution in [0.2, 0.25) is 0 Å². The zero-order valence-corrected chi connectivity index (χ0v) is 12.0. The minimum Gasteiger partial charge on any atom is -0.199 e. The van der Waals surface area contributed by atoms with E-state index in [9.17, 15) is 0 Å². The van der Waals surface area contributed by atoms with Gasteiger partial charge in [0.15, 0.2) is 0 Å². The Morgan fingerprint density at radius 1 is 1.09 bits per heavy atom. The van der Waals surface area contributed by atoms with Crippen LogP contribution >= 0.6 is 25.1 Å². The Labute approximate surface area is 118 Å². The van der Waals surface area contributed by atoms with E-state index in [0.717, 1.165) is 5.56 Å². The predicted molar refractivity (Wildman–Crippen MR) is 45.7 cm³/mol. The van der Waals surface area contributed by atoms with Crippen molar-refractivity contribution >= 4 is 25.1 Å². The summed E-state index contributed by atoms with van der Waals surface area (Å²) in [6.07, 6.45) is 0. The van der Waals surface area contributed by atoms with Gasteiger partial charge in [-0.3, -0.25) is 0 Å². The number of hydrogen-bond donors (Lipinski definition) is 0. The molecular formula is C7H7AgBrClNa. The molecule has 0 saturated heterocycles. The van der Waals surface area contributed by atoms with Crippen LogP contribution in [0.1, 0.15) is 5.56 Å². The van der Waals surface area contributed by atoms with Gasteiger partial charge in [0.25, 0.3) is 0 Å². The Hall–Kier alpha value is 1.60. The number of rotatable bonds is 0. The minimum absolute atomic E-state index is 0. The smallest absolute Gasteiger partial charge is 0.199 e. The zero-order valence-electron chi connectivity index (χ0n) is 6.15. The second-order valence-corrected chi connectivity index (χ2v) is 1.49.